The molecule has 1 unspecified atom stereocenters. The van der Waals surface area contributed by atoms with Gasteiger partial charge in [0.2, 0.25) is 5.95 Å². The van der Waals surface area contributed by atoms with Crippen molar-refractivity contribution in [1.82, 2.24) is 19.8 Å². The first-order chi connectivity index (χ1) is 20.4. The molecule has 2 aromatic carbocycles. The topological polar surface area (TPSA) is 103 Å². The van der Waals surface area contributed by atoms with E-state index in [0.717, 1.165) is 29.4 Å². The van der Waals surface area contributed by atoms with Crippen molar-refractivity contribution in [1.29, 1.82) is 5.26 Å². The van der Waals surface area contributed by atoms with Gasteiger partial charge in [0.1, 0.15) is 11.6 Å². The van der Waals surface area contributed by atoms with Crippen molar-refractivity contribution in [3.63, 3.8) is 0 Å². The largest absolute Gasteiger partial charge is 0.336 e. The van der Waals surface area contributed by atoms with Crippen molar-refractivity contribution in [2.24, 2.45) is 11.3 Å². The first kappa shape index (κ1) is 32.2. The molecule has 0 aliphatic carbocycles. The summed E-state index contributed by atoms with van der Waals surface area (Å²) in [5.74, 6) is 0.246. The number of carbonyl (C=O) groups is 2. The Bertz CT molecular complexity index is 1530. The molecule has 2 N–H and O–H groups in total. The van der Waals surface area contributed by atoms with Crippen molar-refractivity contribution in [3.05, 3.63) is 70.3 Å². The molecule has 1 fully saturated rings. The van der Waals surface area contributed by atoms with Crippen LogP contribution in [-0.2, 0) is 11.3 Å². The maximum Gasteiger partial charge on any atom is 0.264 e. The Morgan fingerprint density at radius 1 is 1.16 bits per heavy atom. The third-order valence-electron chi connectivity index (χ3n) is 8.19. The minimum atomic E-state index is -0.291. The molecule has 3 aromatic rings. The lowest BCUT2D eigenvalue weighted by Gasteiger charge is -2.34. The van der Waals surface area contributed by atoms with Gasteiger partial charge in [-0.15, -0.1) is 0 Å². The van der Waals surface area contributed by atoms with Crippen LogP contribution in [0.1, 0.15) is 82.8 Å². The van der Waals surface area contributed by atoms with Crippen LogP contribution in [0, 0.1) is 22.7 Å². The van der Waals surface area contributed by atoms with Crippen LogP contribution in [0.25, 0.3) is 11.0 Å². The van der Waals surface area contributed by atoms with Crippen LogP contribution in [-0.4, -0.2) is 45.4 Å². The number of halogens is 1. The summed E-state index contributed by atoms with van der Waals surface area (Å²) in [6.45, 7) is 14.6. The zero-order valence-electron chi connectivity index (χ0n) is 26.1. The molecule has 2 atom stereocenters. The molecule has 1 aliphatic rings. The van der Waals surface area contributed by atoms with E-state index >= 15 is 0 Å². The first-order valence-electron chi connectivity index (χ1n) is 15.1. The van der Waals surface area contributed by atoms with E-state index in [1.807, 2.05) is 10.6 Å². The maximum absolute atomic E-state index is 13.4. The quantitative estimate of drug-likeness (QED) is 0.200. The van der Waals surface area contributed by atoms with Gasteiger partial charge in [0.15, 0.2) is 0 Å². The van der Waals surface area contributed by atoms with E-state index in [4.69, 9.17) is 16.6 Å². The lowest BCUT2D eigenvalue weighted by Crippen LogP contribution is -2.41. The highest BCUT2D eigenvalue weighted by Crippen LogP contribution is 2.32. The number of hydrogen-bond donors (Lipinski definition) is 2. The highest BCUT2D eigenvalue weighted by Gasteiger charge is 2.30. The summed E-state index contributed by atoms with van der Waals surface area (Å²) in [6, 6.07) is 15.2. The Labute approximate surface area is 260 Å². The van der Waals surface area contributed by atoms with Gasteiger partial charge in [-0.2, -0.15) is 5.26 Å². The maximum atomic E-state index is 13.4. The van der Waals surface area contributed by atoms with Crippen molar-refractivity contribution < 1.29 is 9.59 Å². The summed E-state index contributed by atoms with van der Waals surface area (Å²) in [5, 5.41) is 16.9. The highest BCUT2D eigenvalue weighted by atomic mass is 35.5. The third-order valence-corrected chi connectivity index (χ3v) is 8.44. The molecule has 0 saturated carbocycles. The number of rotatable bonds is 9. The molecule has 4 rings (SSSR count). The van der Waals surface area contributed by atoms with Crippen molar-refractivity contribution in [2.75, 3.05) is 18.4 Å². The fourth-order valence-electron chi connectivity index (χ4n) is 5.12. The average Bonchev–Trinajstić information content (AvgIpc) is 3.32. The van der Waals surface area contributed by atoms with E-state index in [1.54, 1.807) is 35.2 Å². The van der Waals surface area contributed by atoms with Gasteiger partial charge < -0.3 is 14.8 Å². The fourth-order valence-corrected chi connectivity index (χ4v) is 5.24. The van der Waals surface area contributed by atoms with E-state index in [1.165, 1.54) is 0 Å². The minimum Gasteiger partial charge on any atom is -0.336 e. The summed E-state index contributed by atoms with van der Waals surface area (Å²) >= 11 is 6.04. The van der Waals surface area contributed by atoms with Gasteiger partial charge in [-0.25, -0.2) is 4.98 Å². The number of nitrogens with one attached hydrogen (secondary N) is 2. The van der Waals surface area contributed by atoms with Gasteiger partial charge in [0.25, 0.3) is 11.8 Å². The number of nitrogens with zero attached hydrogens (tertiary/aromatic N) is 4. The molecule has 0 radical (unpaired) electrons. The lowest BCUT2D eigenvalue weighted by atomic mass is 9.88. The lowest BCUT2D eigenvalue weighted by molar-refractivity contribution is -0.128. The normalized spacial score (nSPS) is 16.8. The number of likely N-dealkylation sites (tertiary alicyclic amines) is 1. The average molecular weight is 603 g/mol. The molecule has 1 saturated heterocycles. The molecule has 228 valence electrons. The van der Waals surface area contributed by atoms with Crippen LogP contribution in [0.3, 0.4) is 0 Å². The zero-order chi connectivity index (χ0) is 31.3. The number of hydrogen-bond acceptors (Lipinski definition) is 5. The molecule has 2 amide bonds. The van der Waals surface area contributed by atoms with Crippen molar-refractivity contribution in [3.8, 4) is 6.07 Å². The van der Waals surface area contributed by atoms with Crippen LogP contribution >= 0.6 is 11.6 Å². The number of carbonyl (C=O) groups excluding carboxylic acids is 2. The van der Waals surface area contributed by atoms with Gasteiger partial charge >= 0.3 is 0 Å². The van der Waals surface area contributed by atoms with Crippen molar-refractivity contribution >= 4 is 40.4 Å². The van der Waals surface area contributed by atoms with Crippen molar-refractivity contribution in [2.45, 2.75) is 79.4 Å². The van der Waals surface area contributed by atoms with Gasteiger partial charge in [-0.1, -0.05) is 58.4 Å². The molecule has 0 spiro atoms. The summed E-state index contributed by atoms with van der Waals surface area (Å²) < 4.78 is 2.04. The molecule has 9 heteroatoms. The Morgan fingerprint density at radius 3 is 2.53 bits per heavy atom. The number of piperidine rings is 1. The van der Waals surface area contributed by atoms with Crippen LogP contribution in [0.5, 0.6) is 0 Å². The fraction of sp³-hybridized carbons (Fsp3) is 0.471. The number of allylic oxidation sites excluding steroid dienone is 1. The number of imidazole rings is 1. The standard InChI is InChI=1S/C34H43ClN6O2/c1-22(2)9-11-26(19-36)32(43)40-17-7-8-28(21-40)41-30-16-10-24(20-37-23(3)34(4,5)6)18-29(30)38-33(41)39-31(42)25-12-14-27(35)15-13-25/h10-16,18,22-23,28,37H,7-9,17,20-21H2,1-6H3,(H,38,39,42)/b26-11+/t23-,28?/m0/s1. The van der Waals surface area contributed by atoms with E-state index in [9.17, 15) is 14.9 Å². The Morgan fingerprint density at radius 2 is 1.88 bits per heavy atom. The van der Waals surface area contributed by atoms with Gasteiger partial charge in [-0.3, -0.25) is 14.9 Å². The summed E-state index contributed by atoms with van der Waals surface area (Å²) in [5.41, 5.74) is 3.53. The SMILES string of the molecule is CC(C)C/C=C(\C#N)C(=O)N1CCCC(n2c(NC(=O)c3ccc(Cl)cc3)nc3cc(CN[C@@H](C)C(C)(C)C)ccc32)C1. The van der Waals surface area contributed by atoms with Crippen LogP contribution in [0.2, 0.25) is 5.02 Å². The predicted octanol–water partition coefficient (Wildman–Crippen LogP) is 7.13. The molecule has 1 aromatic heterocycles. The Balaban J connectivity index is 1.67. The molecule has 2 heterocycles. The molecule has 43 heavy (non-hydrogen) atoms. The van der Waals surface area contributed by atoms with Crippen LogP contribution in [0.15, 0.2) is 54.1 Å². The smallest absolute Gasteiger partial charge is 0.264 e. The highest BCUT2D eigenvalue weighted by molar-refractivity contribution is 6.30. The first-order valence-corrected chi connectivity index (χ1v) is 15.5. The number of nitriles is 1. The van der Waals surface area contributed by atoms with Gasteiger partial charge in [-0.05, 0) is 79.5 Å². The van der Waals surface area contributed by atoms with Gasteiger partial charge in [0.05, 0.1) is 17.1 Å². The van der Waals surface area contributed by atoms with E-state index in [-0.39, 0.29) is 28.8 Å². The predicted molar refractivity (Wildman–Crippen MR) is 173 cm³/mol. The molecule has 8 nitrogen and oxygen atoms in total. The number of benzene rings is 2. The second-order valence-corrected chi connectivity index (χ2v) is 13.4. The third kappa shape index (κ3) is 8.04. The summed E-state index contributed by atoms with van der Waals surface area (Å²) in [6.07, 6.45) is 4.00. The number of fused-ring (bicyclic) bond motifs is 1. The van der Waals surface area contributed by atoms with Crippen LogP contribution < -0.4 is 10.6 Å². The molecule has 1 aliphatic heterocycles. The molecule has 0 bridgehead atoms. The number of amides is 2. The zero-order valence-corrected chi connectivity index (χ0v) is 26.8. The number of anilines is 1. The van der Waals surface area contributed by atoms with E-state index in [0.29, 0.717) is 54.5 Å². The molecular formula is C34H43ClN6O2. The Kier molecular flexibility index (Phi) is 10.3. The Hall–Kier alpha value is -3.67. The second-order valence-electron chi connectivity index (χ2n) is 13.0. The molecular weight excluding hydrogens is 560 g/mol. The number of aromatic nitrogens is 2. The van der Waals surface area contributed by atoms with Gasteiger partial charge in [0, 0.05) is 36.3 Å². The summed E-state index contributed by atoms with van der Waals surface area (Å²) in [4.78, 5) is 33.3. The second kappa shape index (κ2) is 13.7. The monoisotopic (exact) mass is 602 g/mol. The van der Waals surface area contributed by atoms with E-state index in [2.05, 4.69) is 70.4 Å². The van der Waals surface area contributed by atoms with E-state index < -0.39 is 0 Å². The minimum absolute atomic E-state index is 0.127. The summed E-state index contributed by atoms with van der Waals surface area (Å²) in [7, 11) is 0. The van der Waals surface area contributed by atoms with Crippen LogP contribution in [0.4, 0.5) is 5.95 Å².